The van der Waals surface area contributed by atoms with Gasteiger partial charge in [-0.2, -0.15) is 0 Å². The molecule has 1 saturated carbocycles. The van der Waals surface area contributed by atoms with E-state index in [0.717, 1.165) is 11.3 Å². The van der Waals surface area contributed by atoms with Gasteiger partial charge in [-0.15, -0.1) is 0 Å². The molecule has 2 amide bonds. The lowest BCUT2D eigenvalue weighted by molar-refractivity contribution is -0.122. The van der Waals surface area contributed by atoms with E-state index in [1.165, 1.54) is 0 Å². The van der Waals surface area contributed by atoms with Crippen LogP contribution in [0.3, 0.4) is 0 Å². The maximum absolute atomic E-state index is 12.4. The Hall–Kier alpha value is -3.02. The van der Waals surface area contributed by atoms with Crippen LogP contribution in [0.2, 0.25) is 0 Å². The van der Waals surface area contributed by atoms with E-state index in [9.17, 15) is 9.59 Å². The van der Waals surface area contributed by atoms with E-state index < -0.39 is 0 Å². The van der Waals surface area contributed by atoms with Gasteiger partial charge in [-0.25, -0.2) is 0 Å². The number of ether oxygens (including phenoxy) is 2. The highest BCUT2D eigenvalue weighted by Crippen LogP contribution is 2.41. The molecule has 1 fully saturated rings. The Kier molecular flexibility index (Phi) is 4.24. The van der Waals surface area contributed by atoms with Crippen molar-refractivity contribution in [2.24, 2.45) is 11.8 Å². The standard InChI is InChI=1S/C20H20N2O4/c1-12-4-2-3-5-16(12)22-20(24)15-11-14(15)19(23)21-13-6-7-17-18(10-13)26-9-8-25-17/h2-7,10,14-15H,8-9,11H2,1H3,(H,21,23)(H,22,24). The first-order chi connectivity index (χ1) is 12.6. The van der Waals surface area contributed by atoms with E-state index in [0.29, 0.717) is 36.8 Å². The maximum atomic E-state index is 12.4. The average Bonchev–Trinajstić information content (AvgIpc) is 3.45. The highest BCUT2D eigenvalue weighted by atomic mass is 16.6. The zero-order valence-electron chi connectivity index (χ0n) is 14.5. The van der Waals surface area contributed by atoms with Crippen molar-refractivity contribution in [3.05, 3.63) is 48.0 Å². The number of benzene rings is 2. The Balaban J connectivity index is 1.35. The Morgan fingerprint density at radius 3 is 2.38 bits per heavy atom. The van der Waals surface area contributed by atoms with Gasteiger partial charge in [-0.3, -0.25) is 9.59 Å². The minimum Gasteiger partial charge on any atom is -0.486 e. The third-order valence-electron chi connectivity index (χ3n) is 4.68. The van der Waals surface area contributed by atoms with Crippen LogP contribution < -0.4 is 20.1 Å². The Morgan fingerprint density at radius 1 is 0.923 bits per heavy atom. The number of amides is 2. The fraction of sp³-hybridized carbons (Fsp3) is 0.300. The second-order valence-corrected chi connectivity index (χ2v) is 6.60. The fourth-order valence-electron chi connectivity index (χ4n) is 3.07. The summed E-state index contributed by atoms with van der Waals surface area (Å²) in [6.07, 6.45) is 0.564. The second kappa shape index (κ2) is 6.71. The number of para-hydroxylation sites is 1. The molecule has 4 rings (SSSR count). The third-order valence-corrected chi connectivity index (χ3v) is 4.68. The number of aryl methyl sites for hydroxylation is 1. The minimum absolute atomic E-state index is 0.110. The molecule has 2 aliphatic rings. The molecule has 0 saturated heterocycles. The van der Waals surface area contributed by atoms with Crippen LogP contribution in [0, 0.1) is 18.8 Å². The first-order valence-electron chi connectivity index (χ1n) is 8.69. The van der Waals surface area contributed by atoms with Crippen LogP contribution in [-0.4, -0.2) is 25.0 Å². The van der Waals surface area contributed by atoms with E-state index in [1.807, 2.05) is 31.2 Å². The number of carbonyl (C=O) groups is 2. The van der Waals surface area contributed by atoms with Crippen molar-refractivity contribution in [1.29, 1.82) is 0 Å². The fourth-order valence-corrected chi connectivity index (χ4v) is 3.07. The van der Waals surface area contributed by atoms with E-state index in [1.54, 1.807) is 18.2 Å². The minimum atomic E-state index is -0.299. The first kappa shape index (κ1) is 16.4. The van der Waals surface area contributed by atoms with Gasteiger partial charge < -0.3 is 20.1 Å². The molecule has 6 heteroatoms. The summed E-state index contributed by atoms with van der Waals surface area (Å²) >= 11 is 0. The molecule has 6 nitrogen and oxygen atoms in total. The molecule has 0 aromatic heterocycles. The summed E-state index contributed by atoms with van der Waals surface area (Å²) in [7, 11) is 0. The number of fused-ring (bicyclic) bond motifs is 1. The average molecular weight is 352 g/mol. The van der Waals surface area contributed by atoms with Crippen molar-refractivity contribution >= 4 is 23.2 Å². The van der Waals surface area contributed by atoms with E-state index in [-0.39, 0.29) is 23.7 Å². The number of hydrogen-bond acceptors (Lipinski definition) is 4. The monoisotopic (exact) mass is 352 g/mol. The van der Waals surface area contributed by atoms with Crippen LogP contribution in [0.1, 0.15) is 12.0 Å². The summed E-state index contributed by atoms with van der Waals surface area (Å²) in [6, 6.07) is 12.9. The topological polar surface area (TPSA) is 76.7 Å². The first-order valence-corrected chi connectivity index (χ1v) is 8.69. The summed E-state index contributed by atoms with van der Waals surface area (Å²) in [4.78, 5) is 24.8. The van der Waals surface area contributed by atoms with Gasteiger partial charge in [0.1, 0.15) is 13.2 Å². The molecular weight excluding hydrogens is 332 g/mol. The highest BCUT2D eigenvalue weighted by molar-refractivity contribution is 6.03. The third kappa shape index (κ3) is 3.35. The molecule has 2 aromatic rings. The predicted octanol–water partition coefficient (Wildman–Crippen LogP) is 2.98. The number of carbonyl (C=O) groups excluding carboxylic acids is 2. The number of anilines is 2. The molecule has 26 heavy (non-hydrogen) atoms. The van der Waals surface area contributed by atoms with Crippen LogP contribution in [-0.2, 0) is 9.59 Å². The lowest BCUT2D eigenvalue weighted by Gasteiger charge is -2.19. The van der Waals surface area contributed by atoms with Crippen molar-refractivity contribution in [1.82, 2.24) is 0 Å². The molecule has 0 radical (unpaired) electrons. The molecule has 0 spiro atoms. The SMILES string of the molecule is Cc1ccccc1NC(=O)C1CC1C(=O)Nc1ccc2c(c1)OCCO2. The molecule has 1 heterocycles. The van der Waals surface area contributed by atoms with E-state index >= 15 is 0 Å². The number of rotatable bonds is 4. The Labute approximate surface area is 151 Å². The van der Waals surface area contributed by atoms with Gasteiger partial charge in [0.15, 0.2) is 11.5 Å². The maximum Gasteiger partial charge on any atom is 0.228 e. The molecule has 2 N–H and O–H groups in total. The second-order valence-electron chi connectivity index (χ2n) is 6.60. The van der Waals surface area contributed by atoms with Gasteiger partial charge in [-0.05, 0) is 37.1 Å². The zero-order chi connectivity index (χ0) is 18.1. The smallest absolute Gasteiger partial charge is 0.228 e. The normalized spacial score (nSPS) is 20.2. The summed E-state index contributed by atoms with van der Waals surface area (Å²) in [5, 5.41) is 5.77. The van der Waals surface area contributed by atoms with Crippen LogP contribution in [0.4, 0.5) is 11.4 Å². The number of hydrogen-bond donors (Lipinski definition) is 2. The molecule has 1 aliphatic heterocycles. The summed E-state index contributed by atoms with van der Waals surface area (Å²) in [5.41, 5.74) is 2.43. The summed E-state index contributed by atoms with van der Waals surface area (Å²) in [6.45, 7) is 2.96. The van der Waals surface area contributed by atoms with Crippen LogP contribution in [0.15, 0.2) is 42.5 Å². The molecule has 2 atom stereocenters. The Bertz CT molecular complexity index is 865. The molecule has 0 bridgehead atoms. The van der Waals surface area contributed by atoms with Crippen molar-refractivity contribution in [3.8, 4) is 11.5 Å². The number of nitrogens with one attached hydrogen (secondary N) is 2. The van der Waals surface area contributed by atoms with Gasteiger partial charge in [0, 0.05) is 17.4 Å². The Morgan fingerprint density at radius 2 is 1.62 bits per heavy atom. The molecule has 2 aromatic carbocycles. The van der Waals surface area contributed by atoms with Crippen molar-refractivity contribution < 1.29 is 19.1 Å². The molecule has 1 aliphatic carbocycles. The van der Waals surface area contributed by atoms with Crippen LogP contribution >= 0.6 is 0 Å². The van der Waals surface area contributed by atoms with E-state index in [2.05, 4.69) is 10.6 Å². The van der Waals surface area contributed by atoms with Crippen molar-refractivity contribution in [3.63, 3.8) is 0 Å². The lowest BCUT2D eigenvalue weighted by atomic mass is 10.2. The van der Waals surface area contributed by atoms with Gasteiger partial charge in [-0.1, -0.05) is 18.2 Å². The summed E-state index contributed by atoms with van der Waals surface area (Å²) < 4.78 is 11.0. The molecule has 2 unspecified atom stereocenters. The summed E-state index contributed by atoms with van der Waals surface area (Å²) in [5.74, 6) is 0.460. The van der Waals surface area contributed by atoms with Gasteiger partial charge in [0.2, 0.25) is 11.8 Å². The zero-order valence-corrected chi connectivity index (χ0v) is 14.5. The van der Waals surface area contributed by atoms with Gasteiger partial charge in [0.25, 0.3) is 0 Å². The van der Waals surface area contributed by atoms with Crippen molar-refractivity contribution in [2.45, 2.75) is 13.3 Å². The van der Waals surface area contributed by atoms with Crippen molar-refractivity contribution in [2.75, 3.05) is 23.8 Å². The van der Waals surface area contributed by atoms with Crippen LogP contribution in [0.5, 0.6) is 11.5 Å². The van der Waals surface area contributed by atoms with Gasteiger partial charge in [0.05, 0.1) is 11.8 Å². The highest BCUT2D eigenvalue weighted by Gasteiger charge is 2.48. The van der Waals surface area contributed by atoms with E-state index in [4.69, 9.17) is 9.47 Å². The van der Waals surface area contributed by atoms with Gasteiger partial charge >= 0.3 is 0 Å². The van der Waals surface area contributed by atoms with Crippen LogP contribution in [0.25, 0.3) is 0 Å². The quantitative estimate of drug-likeness (QED) is 0.887. The lowest BCUT2D eigenvalue weighted by Crippen LogP contribution is -2.21. The largest absolute Gasteiger partial charge is 0.486 e. The molecular formula is C20H20N2O4. The predicted molar refractivity (Wildman–Crippen MR) is 97.5 cm³/mol. The molecule has 134 valence electrons.